The minimum atomic E-state index is -1.38. The summed E-state index contributed by atoms with van der Waals surface area (Å²) >= 11 is 1.10. The van der Waals surface area contributed by atoms with Crippen LogP contribution in [0, 0.1) is 20.8 Å². The number of anilines is 1. The molecule has 8 nitrogen and oxygen atoms in total. The molecule has 0 radical (unpaired) electrons. The van der Waals surface area contributed by atoms with Crippen LogP contribution in [-0.4, -0.2) is 41.0 Å². The van der Waals surface area contributed by atoms with Crippen molar-refractivity contribution in [2.75, 3.05) is 18.1 Å². The molecule has 2 aliphatic rings. The summed E-state index contributed by atoms with van der Waals surface area (Å²) in [5.74, 6) is -0.158. The van der Waals surface area contributed by atoms with E-state index in [1.54, 1.807) is 4.90 Å². The number of amides is 3. The second-order valence-corrected chi connectivity index (χ2v) is 9.80. The van der Waals surface area contributed by atoms with Gasteiger partial charge in [0.05, 0.1) is 12.3 Å². The zero-order valence-corrected chi connectivity index (χ0v) is 20.8. The lowest BCUT2D eigenvalue weighted by atomic mass is 10.0. The fourth-order valence-electron chi connectivity index (χ4n) is 4.47. The molecule has 0 aliphatic carbocycles. The minimum Gasteiger partial charge on any atom is -0.494 e. The zero-order chi connectivity index (χ0) is 24.6. The SMILES string of the molecule is CC(=O)NC1=NN(C(C)=O)[C@]2(S1)C(=O)N(CCCOc1cccc(C)c1)c1c(C)cc(C)cc12. The average Bonchev–Trinajstić information content (AvgIpc) is 3.23. The first-order valence-corrected chi connectivity index (χ1v) is 11.9. The Hall–Kier alpha value is -3.33. The summed E-state index contributed by atoms with van der Waals surface area (Å²) in [6.45, 7) is 9.53. The van der Waals surface area contributed by atoms with E-state index in [0.717, 1.165) is 39.9 Å². The van der Waals surface area contributed by atoms with Gasteiger partial charge < -0.3 is 15.0 Å². The smallest absolute Gasteiger partial charge is 0.270 e. The molecule has 0 bridgehead atoms. The summed E-state index contributed by atoms with van der Waals surface area (Å²) in [6, 6.07) is 11.8. The van der Waals surface area contributed by atoms with Crippen molar-refractivity contribution in [3.8, 4) is 5.75 Å². The van der Waals surface area contributed by atoms with Crippen LogP contribution < -0.4 is 15.0 Å². The topological polar surface area (TPSA) is 91.3 Å². The fraction of sp³-hybridized carbons (Fsp3) is 0.360. The van der Waals surface area contributed by atoms with Crippen molar-refractivity contribution >= 4 is 40.3 Å². The molecular weight excluding hydrogens is 452 g/mol. The van der Waals surface area contributed by atoms with E-state index in [9.17, 15) is 14.4 Å². The van der Waals surface area contributed by atoms with Crippen molar-refractivity contribution in [3.05, 3.63) is 58.7 Å². The van der Waals surface area contributed by atoms with E-state index >= 15 is 0 Å². The first-order chi connectivity index (χ1) is 16.1. The molecule has 178 valence electrons. The van der Waals surface area contributed by atoms with Crippen LogP contribution in [0.1, 0.15) is 42.5 Å². The third-order valence-corrected chi connectivity index (χ3v) is 6.95. The number of benzene rings is 2. The molecule has 4 rings (SSSR count). The molecule has 0 saturated carbocycles. The first kappa shape index (κ1) is 23.8. The van der Waals surface area contributed by atoms with Gasteiger partial charge in [-0.3, -0.25) is 14.4 Å². The van der Waals surface area contributed by atoms with E-state index in [1.165, 1.54) is 18.9 Å². The van der Waals surface area contributed by atoms with Crippen molar-refractivity contribution in [2.45, 2.75) is 45.9 Å². The van der Waals surface area contributed by atoms with E-state index in [4.69, 9.17) is 4.74 Å². The van der Waals surface area contributed by atoms with Gasteiger partial charge in [0.1, 0.15) is 5.75 Å². The molecule has 9 heteroatoms. The van der Waals surface area contributed by atoms with Gasteiger partial charge in [-0.05, 0) is 62.2 Å². The number of hydrazone groups is 1. The molecule has 1 spiro atoms. The van der Waals surface area contributed by atoms with Gasteiger partial charge in [-0.1, -0.05) is 29.8 Å². The number of fused-ring (bicyclic) bond motifs is 2. The van der Waals surface area contributed by atoms with Crippen molar-refractivity contribution in [3.63, 3.8) is 0 Å². The molecule has 2 heterocycles. The highest BCUT2D eigenvalue weighted by atomic mass is 32.2. The van der Waals surface area contributed by atoms with E-state index in [1.807, 2.05) is 57.2 Å². The number of carbonyl (C=O) groups excluding carboxylic acids is 3. The van der Waals surface area contributed by atoms with Crippen LogP contribution >= 0.6 is 11.8 Å². The van der Waals surface area contributed by atoms with E-state index < -0.39 is 4.87 Å². The van der Waals surface area contributed by atoms with Gasteiger partial charge in [0.2, 0.25) is 16.7 Å². The second-order valence-electron chi connectivity index (χ2n) is 8.62. The number of nitrogens with one attached hydrogen (secondary N) is 1. The highest BCUT2D eigenvalue weighted by Gasteiger charge is 2.61. The Morgan fingerprint density at radius 1 is 1.12 bits per heavy atom. The van der Waals surface area contributed by atoms with E-state index in [0.29, 0.717) is 25.1 Å². The van der Waals surface area contributed by atoms with Crippen molar-refractivity contribution in [2.24, 2.45) is 5.10 Å². The molecule has 0 fully saturated rings. The largest absolute Gasteiger partial charge is 0.494 e. The lowest BCUT2D eigenvalue weighted by Crippen LogP contribution is -2.48. The number of nitrogens with zero attached hydrogens (tertiary/aromatic N) is 3. The zero-order valence-electron chi connectivity index (χ0n) is 20.0. The predicted molar refractivity (Wildman–Crippen MR) is 133 cm³/mol. The molecule has 2 aromatic carbocycles. The monoisotopic (exact) mass is 480 g/mol. The number of ether oxygens (including phenoxy) is 1. The molecule has 2 aliphatic heterocycles. The van der Waals surface area contributed by atoms with Crippen LogP contribution in [0.15, 0.2) is 41.5 Å². The van der Waals surface area contributed by atoms with Gasteiger partial charge in [0.25, 0.3) is 5.91 Å². The molecule has 0 aromatic heterocycles. The van der Waals surface area contributed by atoms with Crippen LogP contribution in [0.4, 0.5) is 5.69 Å². The molecular formula is C25H28N4O4S. The number of carbonyl (C=O) groups is 3. The normalized spacial score (nSPS) is 18.9. The van der Waals surface area contributed by atoms with Crippen molar-refractivity contribution in [1.29, 1.82) is 0 Å². The van der Waals surface area contributed by atoms with Gasteiger partial charge in [-0.25, -0.2) is 0 Å². The number of amidine groups is 1. The lowest BCUT2D eigenvalue weighted by molar-refractivity contribution is -0.139. The Labute approximate surface area is 203 Å². The molecule has 3 amide bonds. The fourth-order valence-corrected chi connectivity index (χ4v) is 5.78. The Kier molecular flexibility index (Phi) is 6.40. The summed E-state index contributed by atoms with van der Waals surface area (Å²) in [7, 11) is 0. The molecule has 1 N–H and O–H groups in total. The van der Waals surface area contributed by atoms with E-state index in [-0.39, 0.29) is 22.9 Å². The number of hydrogen-bond donors (Lipinski definition) is 1. The highest BCUT2D eigenvalue weighted by Crippen LogP contribution is 2.55. The van der Waals surface area contributed by atoms with Crippen molar-refractivity contribution in [1.82, 2.24) is 10.3 Å². The van der Waals surface area contributed by atoms with Crippen LogP contribution in [-0.2, 0) is 19.3 Å². The van der Waals surface area contributed by atoms with Gasteiger partial charge in [0.15, 0.2) is 5.17 Å². The summed E-state index contributed by atoms with van der Waals surface area (Å²) in [6.07, 6.45) is 0.604. The Morgan fingerprint density at radius 3 is 2.56 bits per heavy atom. The maximum atomic E-state index is 14.0. The summed E-state index contributed by atoms with van der Waals surface area (Å²) in [4.78, 5) is 38.6. The third kappa shape index (κ3) is 4.16. The van der Waals surface area contributed by atoms with Crippen molar-refractivity contribution < 1.29 is 19.1 Å². The lowest BCUT2D eigenvalue weighted by Gasteiger charge is -2.29. The number of hydrogen-bond acceptors (Lipinski definition) is 6. The quantitative estimate of drug-likeness (QED) is 0.661. The maximum absolute atomic E-state index is 14.0. The molecule has 1 atom stereocenters. The first-order valence-electron chi connectivity index (χ1n) is 11.1. The van der Waals surface area contributed by atoms with Crippen LogP contribution in [0.2, 0.25) is 0 Å². The number of rotatable bonds is 5. The Balaban J connectivity index is 1.64. The van der Waals surface area contributed by atoms with Crippen LogP contribution in [0.3, 0.4) is 0 Å². The molecule has 0 unspecified atom stereocenters. The van der Waals surface area contributed by atoms with Gasteiger partial charge >= 0.3 is 0 Å². The molecule has 0 saturated heterocycles. The van der Waals surface area contributed by atoms with Gasteiger partial charge in [-0.2, -0.15) is 5.01 Å². The van der Waals surface area contributed by atoms with Crippen LogP contribution in [0.5, 0.6) is 5.75 Å². The summed E-state index contributed by atoms with van der Waals surface area (Å²) < 4.78 is 5.88. The van der Waals surface area contributed by atoms with Gasteiger partial charge in [-0.15, -0.1) is 5.10 Å². The standard InChI is InChI=1S/C25H28N4O4S/c1-15-8-6-9-20(13-15)33-11-7-10-28-22-17(3)12-16(2)14-21(22)25(23(28)32)29(19(5)31)27-24(34-25)26-18(4)30/h6,8-9,12-14H,7,10-11H2,1-5H3,(H,26,27,30)/t25-/m1/s1. The summed E-state index contributed by atoms with van der Waals surface area (Å²) in [5.41, 5.74) is 4.52. The minimum absolute atomic E-state index is 0.228. The molecule has 2 aromatic rings. The average molecular weight is 481 g/mol. The summed E-state index contributed by atoms with van der Waals surface area (Å²) in [5, 5.41) is 8.38. The number of aryl methyl sites for hydroxylation is 3. The predicted octanol–water partition coefficient (Wildman–Crippen LogP) is 3.58. The molecule has 34 heavy (non-hydrogen) atoms. The highest BCUT2D eigenvalue weighted by molar-refractivity contribution is 8.15. The third-order valence-electron chi connectivity index (χ3n) is 5.71. The number of thioether (sulfide) groups is 1. The second kappa shape index (κ2) is 9.13. The Morgan fingerprint density at radius 2 is 1.88 bits per heavy atom. The van der Waals surface area contributed by atoms with E-state index in [2.05, 4.69) is 10.4 Å². The Bertz CT molecular complexity index is 1210. The van der Waals surface area contributed by atoms with Crippen LogP contribution in [0.25, 0.3) is 0 Å². The van der Waals surface area contributed by atoms with Gasteiger partial charge in [0, 0.05) is 26.0 Å². The maximum Gasteiger partial charge on any atom is 0.270 e.